The van der Waals surface area contributed by atoms with Crippen LogP contribution in [0.4, 0.5) is 0 Å². The second-order valence-corrected chi connectivity index (χ2v) is 7.87. The van der Waals surface area contributed by atoms with Crippen LogP contribution in [-0.4, -0.2) is 66.5 Å². The molecule has 2 saturated heterocycles. The highest BCUT2D eigenvalue weighted by molar-refractivity contribution is 5.98. The van der Waals surface area contributed by atoms with Gasteiger partial charge in [0, 0.05) is 31.2 Å². The first-order valence-electron chi connectivity index (χ1n) is 10.1. The maximum absolute atomic E-state index is 12.9. The Kier molecular flexibility index (Phi) is 6.44. The van der Waals surface area contributed by atoms with Gasteiger partial charge in [0.05, 0.1) is 7.11 Å². The van der Waals surface area contributed by atoms with E-state index in [4.69, 9.17) is 15.2 Å². The zero-order valence-corrected chi connectivity index (χ0v) is 17.0. The first-order valence-corrected chi connectivity index (χ1v) is 10.1. The van der Waals surface area contributed by atoms with Gasteiger partial charge >= 0.3 is 0 Å². The van der Waals surface area contributed by atoms with Crippen molar-refractivity contribution in [3.05, 3.63) is 23.8 Å². The maximum Gasteiger partial charge on any atom is 0.254 e. The van der Waals surface area contributed by atoms with Crippen LogP contribution in [-0.2, 0) is 4.79 Å². The third kappa shape index (κ3) is 4.41. The van der Waals surface area contributed by atoms with Gasteiger partial charge in [-0.3, -0.25) is 9.59 Å². The molecular formula is C21H31N3O4. The Balaban J connectivity index is 1.73. The van der Waals surface area contributed by atoms with Crippen LogP contribution in [0.3, 0.4) is 0 Å². The Bertz CT molecular complexity index is 714. The third-order valence-corrected chi connectivity index (χ3v) is 5.75. The van der Waals surface area contributed by atoms with E-state index < -0.39 is 11.9 Å². The molecule has 0 saturated carbocycles. The molecule has 28 heavy (non-hydrogen) atoms. The largest absolute Gasteiger partial charge is 0.493 e. The summed E-state index contributed by atoms with van der Waals surface area (Å²) in [6, 6.07) is 5.20. The molecule has 0 unspecified atom stereocenters. The molecule has 7 nitrogen and oxygen atoms in total. The van der Waals surface area contributed by atoms with Crippen molar-refractivity contribution < 1.29 is 19.1 Å². The summed E-state index contributed by atoms with van der Waals surface area (Å²) in [7, 11) is 1.59. The quantitative estimate of drug-likeness (QED) is 0.805. The van der Waals surface area contributed by atoms with E-state index in [-0.39, 0.29) is 12.0 Å². The van der Waals surface area contributed by atoms with E-state index in [9.17, 15) is 9.59 Å². The van der Waals surface area contributed by atoms with Gasteiger partial charge in [-0.15, -0.1) is 0 Å². The lowest BCUT2D eigenvalue weighted by molar-refractivity contribution is -0.121. The van der Waals surface area contributed by atoms with E-state index in [0.29, 0.717) is 36.1 Å². The van der Waals surface area contributed by atoms with Crippen LogP contribution in [0.1, 0.15) is 49.9 Å². The van der Waals surface area contributed by atoms with Crippen molar-refractivity contribution >= 4 is 11.8 Å². The molecule has 0 spiro atoms. The molecule has 2 fully saturated rings. The number of likely N-dealkylation sites (tertiary alicyclic amines) is 2. The van der Waals surface area contributed by atoms with Crippen molar-refractivity contribution in [2.75, 3.05) is 26.7 Å². The van der Waals surface area contributed by atoms with Gasteiger partial charge in [-0.1, -0.05) is 0 Å². The average Bonchev–Trinajstić information content (AvgIpc) is 3.18. The van der Waals surface area contributed by atoms with Crippen LogP contribution in [0.25, 0.3) is 0 Å². The van der Waals surface area contributed by atoms with E-state index in [0.717, 1.165) is 32.4 Å². The Morgan fingerprint density at radius 2 is 1.82 bits per heavy atom. The van der Waals surface area contributed by atoms with Crippen LogP contribution in [0.2, 0.25) is 0 Å². The van der Waals surface area contributed by atoms with Gasteiger partial charge < -0.3 is 25.0 Å². The number of methoxy groups -OCH3 is 1. The molecule has 2 aliphatic heterocycles. The van der Waals surface area contributed by atoms with Crippen molar-refractivity contribution in [1.29, 1.82) is 0 Å². The molecule has 2 N–H and O–H groups in total. The standard InChI is InChI=1S/C21H31N3O4/c1-14(2)23-11-8-16(9-12-23)28-19-13-15(6-7-18(19)27-3)21(26)24-10-4-5-17(24)20(22)25/h6-7,13-14,16-17H,4-5,8-12H2,1-3H3,(H2,22,25)/t17-/m1/s1. The molecule has 1 aromatic rings. The van der Waals surface area contributed by atoms with Gasteiger partial charge in [0.25, 0.3) is 5.91 Å². The molecule has 0 aromatic heterocycles. The number of nitrogens with zero attached hydrogens (tertiary/aromatic N) is 2. The third-order valence-electron chi connectivity index (χ3n) is 5.75. The zero-order valence-electron chi connectivity index (χ0n) is 17.0. The molecule has 0 radical (unpaired) electrons. The number of primary amides is 1. The Morgan fingerprint density at radius 1 is 1.11 bits per heavy atom. The summed E-state index contributed by atoms with van der Waals surface area (Å²) in [6.45, 7) is 6.95. The predicted molar refractivity (Wildman–Crippen MR) is 107 cm³/mol. The molecule has 0 bridgehead atoms. The number of piperidine rings is 1. The number of hydrogen-bond donors (Lipinski definition) is 1. The zero-order chi connectivity index (χ0) is 20.3. The minimum atomic E-state index is -0.528. The number of hydrogen-bond acceptors (Lipinski definition) is 5. The van der Waals surface area contributed by atoms with Crippen molar-refractivity contribution in [3.8, 4) is 11.5 Å². The lowest BCUT2D eigenvalue weighted by atomic mass is 10.1. The van der Waals surface area contributed by atoms with Crippen molar-refractivity contribution in [3.63, 3.8) is 0 Å². The fourth-order valence-electron chi connectivity index (χ4n) is 4.06. The Morgan fingerprint density at radius 3 is 2.43 bits per heavy atom. The Labute approximate surface area is 166 Å². The lowest BCUT2D eigenvalue weighted by Gasteiger charge is -2.34. The van der Waals surface area contributed by atoms with Gasteiger partial charge in [-0.2, -0.15) is 0 Å². The number of amides is 2. The van der Waals surface area contributed by atoms with Crippen LogP contribution in [0.15, 0.2) is 18.2 Å². The van der Waals surface area contributed by atoms with Gasteiger partial charge in [0.2, 0.25) is 5.91 Å². The van der Waals surface area contributed by atoms with Crippen LogP contribution >= 0.6 is 0 Å². The van der Waals surface area contributed by atoms with E-state index >= 15 is 0 Å². The second kappa shape index (κ2) is 8.82. The van der Waals surface area contributed by atoms with Crippen LogP contribution in [0, 0.1) is 0 Å². The lowest BCUT2D eigenvalue weighted by Crippen LogP contribution is -2.43. The summed E-state index contributed by atoms with van der Waals surface area (Å²) >= 11 is 0. The van der Waals surface area contributed by atoms with E-state index in [2.05, 4.69) is 18.7 Å². The first-order chi connectivity index (χ1) is 13.4. The average molecular weight is 389 g/mol. The summed E-state index contributed by atoms with van der Waals surface area (Å²) in [4.78, 5) is 28.6. The highest BCUT2D eigenvalue weighted by Crippen LogP contribution is 2.32. The first kappa shape index (κ1) is 20.5. The van der Waals surface area contributed by atoms with Crippen molar-refractivity contribution in [1.82, 2.24) is 9.80 Å². The smallest absolute Gasteiger partial charge is 0.254 e. The molecule has 3 rings (SSSR count). The Hall–Kier alpha value is -2.28. The molecule has 0 aliphatic carbocycles. The number of benzene rings is 1. The normalized spacial score (nSPS) is 21.1. The SMILES string of the molecule is COc1ccc(C(=O)N2CCC[C@@H]2C(N)=O)cc1OC1CCN(C(C)C)CC1. The topological polar surface area (TPSA) is 85.1 Å². The number of nitrogens with two attached hydrogens (primary N) is 1. The fraction of sp³-hybridized carbons (Fsp3) is 0.619. The summed E-state index contributed by atoms with van der Waals surface area (Å²) < 4.78 is 11.7. The van der Waals surface area contributed by atoms with Gasteiger partial charge in [0.1, 0.15) is 12.1 Å². The summed E-state index contributed by atoms with van der Waals surface area (Å²) in [5.74, 6) is 0.540. The summed E-state index contributed by atoms with van der Waals surface area (Å²) in [6.07, 6.45) is 3.38. The molecule has 2 amide bonds. The molecule has 7 heteroatoms. The molecule has 154 valence electrons. The number of carbonyl (C=O) groups is 2. The number of ether oxygens (including phenoxy) is 2. The highest BCUT2D eigenvalue weighted by atomic mass is 16.5. The number of rotatable bonds is 6. The number of carbonyl (C=O) groups excluding carboxylic acids is 2. The fourth-order valence-corrected chi connectivity index (χ4v) is 4.06. The van der Waals surface area contributed by atoms with Crippen LogP contribution in [0.5, 0.6) is 11.5 Å². The highest BCUT2D eigenvalue weighted by Gasteiger charge is 2.33. The summed E-state index contributed by atoms with van der Waals surface area (Å²) in [5, 5.41) is 0. The second-order valence-electron chi connectivity index (χ2n) is 7.87. The van der Waals surface area contributed by atoms with Gasteiger partial charge in [-0.05, 0) is 57.7 Å². The minimum Gasteiger partial charge on any atom is -0.493 e. The summed E-state index contributed by atoms with van der Waals surface area (Å²) in [5.41, 5.74) is 5.94. The minimum absolute atomic E-state index is 0.0967. The molecule has 2 heterocycles. The van der Waals surface area contributed by atoms with Crippen molar-refractivity contribution in [2.24, 2.45) is 5.73 Å². The molecule has 1 aromatic carbocycles. The van der Waals surface area contributed by atoms with E-state index in [1.54, 1.807) is 30.2 Å². The molecular weight excluding hydrogens is 358 g/mol. The van der Waals surface area contributed by atoms with Gasteiger partial charge in [0.15, 0.2) is 11.5 Å². The van der Waals surface area contributed by atoms with Crippen LogP contribution < -0.4 is 15.2 Å². The van der Waals surface area contributed by atoms with Gasteiger partial charge in [-0.25, -0.2) is 0 Å². The molecule has 1 atom stereocenters. The molecule has 2 aliphatic rings. The maximum atomic E-state index is 12.9. The van der Waals surface area contributed by atoms with E-state index in [1.807, 2.05) is 0 Å². The monoisotopic (exact) mass is 389 g/mol. The van der Waals surface area contributed by atoms with Crippen molar-refractivity contribution in [2.45, 2.75) is 57.7 Å². The predicted octanol–water partition coefficient (Wildman–Crippen LogP) is 2.04. The van der Waals surface area contributed by atoms with E-state index in [1.165, 1.54) is 0 Å².